The molecule has 1 amide bonds. The zero-order valence-corrected chi connectivity index (χ0v) is 10.4. The molecule has 1 atom stereocenters. The second kappa shape index (κ2) is 5.30. The van der Waals surface area contributed by atoms with E-state index in [1.165, 1.54) is 6.92 Å². The lowest BCUT2D eigenvalue weighted by Gasteiger charge is -2.13. The third-order valence-corrected chi connectivity index (χ3v) is 2.43. The number of rotatable bonds is 4. The summed E-state index contributed by atoms with van der Waals surface area (Å²) in [6.07, 6.45) is -0.348. The Balaban J connectivity index is 2.72. The van der Waals surface area contributed by atoms with Gasteiger partial charge in [0.25, 0.3) is 5.91 Å². The molecule has 0 aliphatic carbocycles. The van der Waals surface area contributed by atoms with E-state index in [0.29, 0.717) is 0 Å². The number of carbonyl (C=O) groups is 1. The molecule has 100 valence electrons. The van der Waals surface area contributed by atoms with Crippen LogP contribution in [0.3, 0.4) is 0 Å². The van der Waals surface area contributed by atoms with E-state index < -0.39 is 33.7 Å². The molecule has 0 aliphatic rings. The van der Waals surface area contributed by atoms with E-state index in [1.54, 1.807) is 4.72 Å². The Hall–Kier alpha value is -1.70. The van der Waals surface area contributed by atoms with Gasteiger partial charge in [-0.2, -0.15) is 0 Å². The molecule has 0 fully saturated rings. The number of carbonyl (C=O) groups excluding carboxylic acids is 1. The van der Waals surface area contributed by atoms with E-state index in [9.17, 15) is 22.0 Å². The highest BCUT2D eigenvalue weighted by molar-refractivity contribution is 7.89. The molecule has 1 rings (SSSR count). The van der Waals surface area contributed by atoms with Gasteiger partial charge in [0.1, 0.15) is 5.75 Å². The van der Waals surface area contributed by atoms with E-state index in [0.717, 1.165) is 24.5 Å². The van der Waals surface area contributed by atoms with Crippen molar-refractivity contribution >= 4 is 15.9 Å². The summed E-state index contributed by atoms with van der Waals surface area (Å²) in [4.78, 5) is 11.3. The van der Waals surface area contributed by atoms with Crippen LogP contribution in [0, 0.1) is 11.6 Å². The third kappa shape index (κ3) is 4.28. The van der Waals surface area contributed by atoms with Crippen molar-refractivity contribution < 1.29 is 26.7 Å². The largest absolute Gasteiger partial charge is 0.481 e. The zero-order valence-electron chi connectivity index (χ0n) is 9.61. The summed E-state index contributed by atoms with van der Waals surface area (Å²) in [5.41, 5.74) is 0. The minimum Gasteiger partial charge on any atom is -0.481 e. The van der Waals surface area contributed by atoms with Crippen molar-refractivity contribution in [2.75, 3.05) is 6.26 Å². The molecule has 1 unspecified atom stereocenters. The van der Waals surface area contributed by atoms with Gasteiger partial charge >= 0.3 is 0 Å². The van der Waals surface area contributed by atoms with Gasteiger partial charge in [0.15, 0.2) is 17.7 Å². The summed E-state index contributed by atoms with van der Waals surface area (Å²) in [5.74, 6) is -3.15. The van der Waals surface area contributed by atoms with Crippen LogP contribution in [0.5, 0.6) is 5.75 Å². The Labute approximate surface area is 103 Å². The summed E-state index contributed by atoms with van der Waals surface area (Å²) < 4.78 is 53.8. The fourth-order valence-corrected chi connectivity index (χ4v) is 1.60. The molecule has 1 aromatic rings. The van der Waals surface area contributed by atoms with Crippen LogP contribution in [0.1, 0.15) is 6.92 Å². The molecule has 1 N–H and O–H groups in total. The van der Waals surface area contributed by atoms with Crippen LogP contribution in [0.25, 0.3) is 0 Å². The molecule has 0 spiro atoms. The lowest BCUT2D eigenvalue weighted by Crippen LogP contribution is -2.39. The number of hydrogen-bond donors (Lipinski definition) is 1. The molecule has 5 nitrogen and oxygen atoms in total. The van der Waals surface area contributed by atoms with Gasteiger partial charge in [-0.15, -0.1) is 0 Å². The Morgan fingerprint density at radius 3 is 2.44 bits per heavy atom. The van der Waals surface area contributed by atoms with Gasteiger partial charge in [-0.25, -0.2) is 17.2 Å². The summed E-state index contributed by atoms with van der Waals surface area (Å²) in [5, 5.41) is 0. The minimum absolute atomic E-state index is 0.0787. The van der Waals surface area contributed by atoms with Crippen molar-refractivity contribution in [1.29, 1.82) is 0 Å². The average Bonchev–Trinajstić information content (AvgIpc) is 2.21. The van der Waals surface area contributed by atoms with Crippen molar-refractivity contribution in [3.8, 4) is 5.75 Å². The Morgan fingerprint density at radius 2 is 1.94 bits per heavy atom. The van der Waals surface area contributed by atoms with Gasteiger partial charge in [-0.1, -0.05) is 0 Å². The van der Waals surface area contributed by atoms with Crippen molar-refractivity contribution in [1.82, 2.24) is 4.72 Å². The third-order valence-electron chi connectivity index (χ3n) is 1.86. The molecule has 8 heteroatoms. The van der Waals surface area contributed by atoms with Crippen molar-refractivity contribution in [2.45, 2.75) is 13.0 Å². The SMILES string of the molecule is CC(Oc1ccc(F)c(F)c1)C(=O)NS(C)(=O)=O. The minimum atomic E-state index is -3.69. The highest BCUT2D eigenvalue weighted by Crippen LogP contribution is 2.16. The van der Waals surface area contributed by atoms with Crippen LogP contribution in [-0.4, -0.2) is 26.7 Å². The quantitative estimate of drug-likeness (QED) is 0.885. The Kier molecular flexibility index (Phi) is 4.23. The standard InChI is InChI=1S/C10H11F2NO4S/c1-6(10(14)13-18(2,15)16)17-7-3-4-8(11)9(12)5-7/h3-6H,1-2H3,(H,13,14). The molecule has 1 aromatic carbocycles. The lowest BCUT2D eigenvalue weighted by molar-refractivity contribution is -0.125. The number of hydrogen-bond acceptors (Lipinski definition) is 4. The number of halogens is 2. The van der Waals surface area contributed by atoms with E-state index >= 15 is 0 Å². The maximum Gasteiger partial charge on any atom is 0.274 e. The van der Waals surface area contributed by atoms with E-state index in [1.807, 2.05) is 0 Å². The molecule has 0 bridgehead atoms. The fraction of sp³-hybridized carbons (Fsp3) is 0.300. The topological polar surface area (TPSA) is 72.5 Å². The summed E-state index contributed by atoms with van der Waals surface area (Å²) >= 11 is 0. The molecule has 18 heavy (non-hydrogen) atoms. The lowest BCUT2D eigenvalue weighted by atomic mass is 10.3. The Morgan fingerprint density at radius 1 is 1.33 bits per heavy atom. The van der Waals surface area contributed by atoms with E-state index in [2.05, 4.69) is 0 Å². The second-order valence-electron chi connectivity index (χ2n) is 3.57. The van der Waals surface area contributed by atoms with E-state index in [-0.39, 0.29) is 5.75 Å². The second-order valence-corrected chi connectivity index (χ2v) is 5.32. The van der Waals surface area contributed by atoms with Crippen LogP contribution < -0.4 is 9.46 Å². The van der Waals surface area contributed by atoms with Gasteiger partial charge in [0, 0.05) is 6.07 Å². The van der Waals surface area contributed by atoms with Crippen LogP contribution in [0.15, 0.2) is 18.2 Å². The van der Waals surface area contributed by atoms with Crippen LogP contribution in [-0.2, 0) is 14.8 Å². The average molecular weight is 279 g/mol. The monoisotopic (exact) mass is 279 g/mol. The predicted octanol–water partition coefficient (Wildman–Crippen LogP) is 0.808. The summed E-state index contributed by atoms with van der Waals surface area (Å²) in [7, 11) is -3.69. The molecule has 0 saturated carbocycles. The maximum atomic E-state index is 12.9. The zero-order chi connectivity index (χ0) is 13.9. The van der Waals surface area contributed by atoms with Gasteiger partial charge in [0.2, 0.25) is 10.0 Å². The first-order chi connectivity index (χ1) is 8.19. The normalized spacial score (nSPS) is 12.9. The van der Waals surface area contributed by atoms with Gasteiger partial charge in [0.05, 0.1) is 6.26 Å². The van der Waals surface area contributed by atoms with Gasteiger partial charge in [-0.3, -0.25) is 9.52 Å². The molecule has 0 saturated heterocycles. The first kappa shape index (κ1) is 14.4. The summed E-state index contributed by atoms with van der Waals surface area (Å²) in [6.45, 7) is 1.28. The Bertz CT molecular complexity index is 559. The molecule has 0 heterocycles. The molecule has 0 aliphatic heterocycles. The summed E-state index contributed by atoms with van der Waals surface area (Å²) in [6, 6.07) is 2.73. The molecular formula is C10H11F2NO4S. The van der Waals surface area contributed by atoms with Crippen molar-refractivity contribution in [2.24, 2.45) is 0 Å². The number of amides is 1. The van der Waals surface area contributed by atoms with Crippen LogP contribution in [0.4, 0.5) is 8.78 Å². The number of sulfonamides is 1. The molecule has 0 aromatic heterocycles. The highest BCUT2D eigenvalue weighted by atomic mass is 32.2. The molecular weight excluding hydrogens is 268 g/mol. The number of nitrogens with one attached hydrogen (secondary N) is 1. The fourth-order valence-electron chi connectivity index (χ4n) is 1.07. The number of ether oxygens (including phenoxy) is 1. The highest BCUT2D eigenvalue weighted by Gasteiger charge is 2.18. The van der Waals surface area contributed by atoms with Crippen LogP contribution >= 0.6 is 0 Å². The molecule has 0 radical (unpaired) electrons. The van der Waals surface area contributed by atoms with Crippen LogP contribution in [0.2, 0.25) is 0 Å². The maximum absolute atomic E-state index is 12.9. The first-order valence-electron chi connectivity index (χ1n) is 4.82. The van der Waals surface area contributed by atoms with Crippen molar-refractivity contribution in [3.05, 3.63) is 29.8 Å². The first-order valence-corrected chi connectivity index (χ1v) is 6.71. The number of benzene rings is 1. The predicted molar refractivity (Wildman–Crippen MR) is 59.4 cm³/mol. The van der Waals surface area contributed by atoms with E-state index in [4.69, 9.17) is 4.74 Å². The van der Waals surface area contributed by atoms with Gasteiger partial charge in [-0.05, 0) is 19.1 Å². The van der Waals surface area contributed by atoms with Gasteiger partial charge < -0.3 is 4.74 Å². The smallest absolute Gasteiger partial charge is 0.274 e. The van der Waals surface area contributed by atoms with Crippen molar-refractivity contribution in [3.63, 3.8) is 0 Å².